The van der Waals surface area contributed by atoms with Crippen molar-refractivity contribution in [3.63, 3.8) is 0 Å². The number of pyridine rings is 1. The summed E-state index contributed by atoms with van der Waals surface area (Å²) >= 11 is 0. The molecule has 0 amide bonds. The Balaban J connectivity index is 0.000000347. The summed E-state index contributed by atoms with van der Waals surface area (Å²) in [5.74, 6) is 0.547. The van der Waals surface area contributed by atoms with E-state index in [9.17, 15) is 23.1 Å². The molecule has 0 saturated carbocycles. The molecule has 54 heavy (non-hydrogen) atoms. The Hall–Kier alpha value is -4.58. The maximum absolute atomic E-state index is 13.9. The first-order chi connectivity index (χ1) is 25.4. The normalized spacial score (nSPS) is 11.8. The summed E-state index contributed by atoms with van der Waals surface area (Å²) in [6.07, 6.45) is 2.20. The van der Waals surface area contributed by atoms with Gasteiger partial charge in [-0.2, -0.15) is 13.2 Å². The molecule has 0 unspecified atom stereocenters. The Morgan fingerprint density at radius 1 is 0.759 bits per heavy atom. The Morgan fingerprint density at radius 2 is 1.39 bits per heavy atom. The van der Waals surface area contributed by atoms with Crippen LogP contribution in [0.5, 0.6) is 0 Å². The summed E-state index contributed by atoms with van der Waals surface area (Å²) in [6, 6.07) is 33.2. The Labute approximate surface area is 330 Å². The zero-order valence-corrected chi connectivity index (χ0v) is 34.0. The number of carbonyl (C=O) groups is 1. The van der Waals surface area contributed by atoms with Crippen molar-refractivity contribution in [3.8, 4) is 33.5 Å². The number of allylic oxidation sites excluding steroid dienone is 2. The number of ketones is 1. The van der Waals surface area contributed by atoms with Crippen molar-refractivity contribution in [2.75, 3.05) is 0 Å². The van der Waals surface area contributed by atoms with Gasteiger partial charge in [0.25, 0.3) is 0 Å². The number of nitrogens with zero attached hydrogens (tertiary/aromatic N) is 1. The number of aryl methyl sites for hydroxylation is 2. The minimum absolute atomic E-state index is 0. The Bertz CT molecular complexity index is 2220. The molecule has 0 aliphatic heterocycles. The van der Waals surface area contributed by atoms with Gasteiger partial charge in [0.2, 0.25) is 0 Å². The summed E-state index contributed by atoms with van der Waals surface area (Å²) in [6.45, 7) is 12.1. The SMILES string of the molecule is CCC(CC)C(=O)/C=C(\O)C(CC)CC.Cc1[c-]c(-c2nccc3cc(-c4ccccc4-c4ccccc4)c4cc(C(F)(F)F)ccc4c23)cc(C)c1.[Ir]. The predicted octanol–water partition coefficient (Wildman–Crippen LogP) is 13.7. The number of carbonyl (C=O) groups excluding carboxylic acids is 1. The van der Waals surface area contributed by atoms with Crippen LogP contribution in [0.4, 0.5) is 13.2 Å². The fourth-order valence-electron chi connectivity index (χ4n) is 7.09. The van der Waals surface area contributed by atoms with Crippen LogP contribution in [0.3, 0.4) is 0 Å². The first-order valence-corrected chi connectivity index (χ1v) is 18.4. The van der Waals surface area contributed by atoms with Gasteiger partial charge in [-0.1, -0.05) is 102 Å². The molecule has 0 aliphatic carbocycles. The van der Waals surface area contributed by atoms with Crippen LogP contribution in [0.25, 0.3) is 55.1 Å². The largest absolute Gasteiger partial charge is 0.512 e. The van der Waals surface area contributed by atoms with E-state index in [0.29, 0.717) is 11.1 Å². The van der Waals surface area contributed by atoms with Crippen molar-refractivity contribution in [1.29, 1.82) is 0 Å². The monoisotopic (exact) mass is 907 g/mol. The van der Waals surface area contributed by atoms with Gasteiger partial charge in [0, 0.05) is 44.2 Å². The van der Waals surface area contributed by atoms with E-state index in [2.05, 4.69) is 6.07 Å². The van der Waals surface area contributed by atoms with Gasteiger partial charge in [-0.3, -0.25) is 4.79 Å². The topological polar surface area (TPSA) is 50.2 Å². The zero-order chi connectivity index (χ0) is 38.3. The number of alkyl halides is 3. The first kappa shape index (κ1) is 42.2. The third kappa shape index (κ3) is 9.55. The minimum atomic E-state index is -4.46. The van der Waals surface area contributed by atoms with Crippen molar-refractivity contribution in [3.05, 3.63) is 138 Å². The smallest absolute Gasteiger partial charge is 0.416 e. The number of rotatable bonds is 10. The van der Waals surface area contributed by atoms with Crippen LogP contribution in [-0.2, 0) is 31.1 Å². The zero-order valence-electron chi connectivity index (χ0n) is 31.6. The van der Waals surface area contributed by atoms with E-state index in [1.54, 1.807) is 12.3 Å². The van der Waals surface area contributed by atoms with Crippen molar-refractivity contribution >= 4 is 27.3 Å². The fourth-order valence-corrected chi connectivity index (χ4v) is 7.09. The van der Waals surface area contributed by atoms with E-state index in [1.807, 2.05) is 120 Å². The minimum Gasteiger partial charge on any atom is -0.512 e. The van der Waals surface area contributed by atoms with Gasteiger partial charge < -0.3 is 10.1 Å². The number of benzene rings is 5. The Kier molecular flexibility index (Phi) is 14.6. The maximum atomic E-state index is 13.9. The molecule has 6 aromatic rings. The average molecular weight is 907 g/mol. The summed E-state index contributed by atoms with van der Waals surface area (Å²) in [4.78, 5) is 16.4. The van der Waals surface area contributed by atoms with Crippen molar-refractivity contribution in [2.45, 2.75) is 73.4 Å². The second-order valence-electron chi connectivity index (χ2n) is 13.6. The Morgan fingerprint density at radius 3 is 2.00 bits per heavy atom. The molecule has 7 heteroatoms. The molecule has 6 rings (SSSR count). The molecule has 283 valence electrons. The molecule has 1 aromatic heterocycles. The van der Waals surface area contributed by atoms with Crippen molar-refractivity contribution in [1.82, 2.24) is 4.98 Å². The van der Waals surface area contributed by atoms with Gasteiger partial charge in [-0.25, -0.2) is 0 Å². The third-order valence-corrected chi connectivity index (χ3v) is 9.98. The van der Waals surface area contributed by atoms with Crippen LogP contribution in [0.15, 0.2) is 115 Å². The number of halogens is 3. The summed E-state index contributed by atoms with van der Waals surface area (Å²) in [5.41, 5.74) is 6.51. The van der Waals surface area contributed by atoms with E-state index >= 15 is 0 Å². The molecule has 0 atom stereocenters. The molecule has 1 N–H and O–H groups in total. The van der Waals surface area contributed by atoms with Crippen LogP contribution in [-0.4, -0.2) is 15.9 Å². The molecule has 0 aliphatic rings. The second-order valence-corrected chi connectivity index (χ2v) is 13.6. The van der Waals surface area contributed by atoms with Crippen molar-refractivity contribution in [2.24, 2.45) is 11.8 Å². The molecule has 1 heterocycles. The van der Waals surface area contributed by atoms with E-state index in [-0.39, 0.29) is 43.5 Å². The number of aliphatic hydroxyl groups excluding tert-OH is 1. The van der Waals surface area contributed by atoms with Gasteiger partial charge in [-0.05, 0) is 99.4 Å². The summed E-state index contributed by atoms with van der Waals surface area (Å²) in [5, 5.41) is 12.7. The second kappa shape index (κ2) is 18.6. The van der Waals surface area contributed by atoms with Gasteiger partial charge in [0.15, 0.2) is 5.78 Å². The standard InChI is InChI=1S/C34H23F3N.C13H24O2.Ir/c1-21-16-22(2)18-25(17-21)33-32-24(14-15-38-33)19-30(31-20-26(34(35,36)37)12-13-29(31)32)28-11-7-6-10-27(28)23-8-4-3-5-9-23;1-5-10(6-2)12(14)9-13(15)11(7-3)8-4;/h3-17,19-20H,1-2H3;9-11,14H,5-8H2,1-4H3;/q-1;;/b;12-9-;. The molecule has 0 saturated heterocycles. The number of fused-ring (bicyclic) bond motifs is 3. The van der Waals surface area contributed by atoms with E-state index in [1.165, 1.54) is 12.1 Å². The van der Waals surface area contributed by atoms with E-state index in [0.717, 1.165) is 86.9 Å². The molecule has 1 radical (unpaired) electrons. The molecule has 0 spiro atoms. The summed E-state index contributed by atoms with van der Waals surface area (Å²) < 4.78 is 41.8. The number of hydrogen-bond acceptors (Lipinski definition) is 3. The summed E-state index contributed by atoms with van der Waals surface area (Å²) in [7, 11) is 0. The maximum Gasteiger partial charge on any atom is 0.416 e. The van der Waals surface area contributed by atoms with Gasteiger partial charge in [0.1, 0.15) is 0 Å². The van der Waals surface area contributed by atoms with E-state index in [4.69, 9.17) is 4.98 Å². The van der Waals surface area contributed by atoms with Gasteiger partial charge in [-0.15, -0.1) is 34.9 Å². The van der Waals surface area contributed by atoms with Crippen LogP contribution in [0.2, 0.25) is 0 Å². The van der Waals surface area contributed by atoms with Gasteiger partial charge in [0.05, 0.1) is 11.3 Å². The average Bonchev–Trinajstić information content (AvgIpc) is 3.15. The van der Waals surface area contributed by atoms with Crippen LogP contribution in [0.1, 0.15) is 70.1 Å². The van der Waals surface area contributed by atoms with Gasteiger partial charge >= 0.3 is 6.18 Å². The first-order valence-electron chi connectivity index (χ1n) is 18.4. The molecule has 0 fully saturated rings. The van der Waals surface area contributed by atoms with Crippen molar-refractivity contribution < 1.29 is 43.2 Å². The number of aromatic nitrogens is 1. The van der Waals surface area contributed by atoms with Crippen LogP contribution >= 0.6 is 0 Å². The molecule has 3 nitrogen and oxygen atoms in total. The fraction of sp³-hybridized carbons (Fsp3) is 0.277. The molecular formula is C47H47F3IrNO2-. The molecule has 0 bridgehead atoms. The third-order valence-electron chi connectivity index (χ3n) is 9.98. The van der Waals surface area contributed by atoms with Crippen LogP contribution < -0.4 is 0 Å². The molecular weight excluding hydrogens is 860 g/mol. The quantitative estimate of drug-likeness (QED) is 0.0645. The number of hydrogen-bond donors (Lipinski definition) is 1. The predicted molar refractivity (Wildman–Crippen MR) is 213 cm³/mol. The molecule has 5 aromatic carbocycles. The van der Waals surface area contributed by atoms with E-state index < -0.39 is 11.7 Å². The van der Waals surface area contributed by atoms with Crippen LogP contribution in [0, 0.1) is 31.7 Å². The number of aliphatic hydroxyl groups is 1.